The Morgan fingerprint density at radius 3 is 2.52 bits per heavy atom. The number of allylic oxidation sites excluding steroid dienone is 1. The van der Waals surface area contributed by atoms with Crippen molar-refractivity contribution in [2.24, 2.45) is 16.7 Å². The fraction of sp³-hybridized carbons (Fsp3) is 0.524. The fourth-order valence-corrected chi connectivity index (χ4v) is 4.31. The average Bonchev–Trinajstić information content (AvgIpc) is 2.90. The Morgan fingerprint density at radius 1 is 1.28 bits per heavy atom. The summed E-state index contributed by atoms with van der Waals surface area (Å²) in [6, 6.07) is 7.85. The molecule has 2 bridgehead atoms. The lowest BCUT2D eigenvalue weighted by molar-refractivity contribution is -0.127. The monoisotopic (exact) mass is 342 g/mol. The number of aliphatic hydroxyl groups excluding tert-OH is 1. The maximum Gasteiger partial charge on any atom is 0.183 e. The normalized spacial score (nSPS) is 28.7. The zero-order valence-electron chi connectivity index (χ0n) is 15.2. The molecule has 2 saturated carbocycles. The second kappa shape index (κ2) is 6.50. The van der Waals surface area contributed by atoms with Crippen molar-refractivity contribution in [3.05, 3.63) is 41.0 Å². The Hall–Kier alpha value is -1.78. The standard InChI is InChI=1S/C21H26O4/c1-20(2)18-8-9-21(20,3)19(24)17(18)10-14-4-6-15(7-5-14)12-25-13-16(23)11-22/h4-7,10,18,22H,8-9,11-13H2,1-3H3/b17-10-. The summed E-state index contributed by atoms with van der Waals surface area (Å²) in [4.78, 5) is 23.9. The van der Waals surface area contributed by atoms with Crippen molar-refractivity contribution in [2.45, 2.75) is 40.2 Å². The number of aliphatic hydroxyl groups is 1. The van der Waals surface area contributed by atoms with E-state index in [0.717, 1.165) is 29.5 Å². The van der Waals surface area contributed by atoms with Gasteiger partial charge in [0.25, 0.3) is 0 Å². The van der Waals surface area contributed by atoms with Gasteiger partial charge in [-0.25, -0.2) is 0 Å². The predicted octanol–water partition coefficient (Wildman–Crippen LogP) is 3.17. The Labute approximate surface area is 148 Å². The van der Waals surface area contributed by atoms with Crippen LogP contribution in [0.4, 0.5) is 0 Å². The van der Waals surface area contributed by atoms with Gasteiger partial charge in [-0.15, -0.1) is 0 Å². The molecule has 0 radical (unpaired) electrons. The predicted molar refractivity (Wildman–Crippen MR) is 95.8 cm³/mol. The number of ketones is 2. The van der Waals surface area contributed by atoms with Crippen molar-refractivity contribution in [3.63, 3.8) is 0 Å². The zero-order valence-corrected chi connectivity index (χ0v) is 15.2. The molecule has 1 N–H and O–H groups in total. The fourth-order valence-electron chi connectivity index (χ4n) is 4.31. The quantitative estimate of drug-likeness (QED) is 0.807. The summed E-state index contributed by atoms with van der Waals surface area (Å²) in [5.74, 6) is 0.327. The molecule has 2 aliphatic carbocycles. The molecule has 2 atom stereocenters. The second-order valence-electron chi connectivity index (χ2n) is 8.01. The molecule has 0 spiro atoms. The molecule has 0 saturated heterocycles. The summed E-state index contributed by atoms with van der Waals surface area (Å²) in [6.07, 6.45) is 4.12. The number of fused-ring (bicyclic) bond motifs is 2. The molecule has 0 heterocycles. The van der Waals surface area contributed by atoms with E-state index in [4.69, 9.17) is 9.84 Å². The number of benzene rings is 1. The lowest BCUT2D eigenvalue weighted by atomic mass is 9.70. The van der Waals surface area contributed by atoms with Crippen LogP contribution in [0.5, 0.6) is 0 Å². The molecule has 0 amide bonds. The van der Waals surface area contributed by atoms with Gasteiger partial charge in [-0.05, 0) is 47.0 Å². The smallest absolute Gasteiger partial charge is 0.183 e. The van der Waals surface area contributed by atoms with Crippen molar-refractivity contribution in [3.8, 4) is 0 Å². The highest BCUT2D eigenvalue weighted by Crippen LogP contribution is 2.65. The third-order valence-corrected chi connectivity index (χ3v) is 6.38. The molecule has 2 aliphatic rings. The van der Waals surface area contributed by atoms with Gasteiger partial charge in [0, 0.05) is 5.41 Å². The number of rotatable bonds is 6. The number of carbonyl (C=O) groups is 2. The van der Waals surface area contributed by atoms with Gasteiger partial charge in [0.1, 0.15) is 13.2 Å². The zero-order chi connectivity index (χ0) is 18.2. The van der Waals surface area contributed by atoms with Crippen LogP contribution in [-0.4, -0.2) is 29.9 Å². The highest BCUT2D eigenvalue weighted by molar-refractivity contribution is 6.07. The van der Waals surface area contributed by atoms with Crippen molar-refractivity contribution in [1.29, 1.82) is 0 Å². The Kier molecular flexibility index (Phi) is 4.69. The second-order valence-corrected chi connectivity index (χ2v) is 8.01. The highest BCUT2D eigenvalue weighted by atomic mass is 16.5. The number of hydrogen-bond donors (Lipinski definition) is 1. The summed E-state index contributed by atoms with van der Waals surface area (Å²) in [6.45, 7) is 6.32. The molecule has 0 aliphatic heterocycles. The van der Waals surface area contributed by atoms with Crippen LogP contribution in [0.25, 0.3) is 6.08 Å². The van der Waals surface area contributed by atoms with Gasteiger partial charge in [0.05, 0.1) is 6.61 Å². The van der Waals surface area contributed by atoms with Gasteiger partial charge in [0.15, 0.2) is 11.6 Å². The van der Waals surface area contributed by atoms with E-state index in [1.807, 2.05) is 30.3 Å². The van der Waals surface area contributed by atoms with Crippen LogP contribution in [0, 0.1) is 16.7 Å². The average molecular weight is 342 g/mol. The SMILES string of the molecule is CC12CCC(/C(=C/c3ccc(COCC(=O)CO)cc3)C1=O)C2(C)C. The summed E-state index contributed by atoms with van der Waals surface area (Å²) < 4.78 is 5.26. The molecular formula is C21H26O4. The van der Waals surface area contributed by atoms with Crippen LogP contribution in [0.2, 0.25) is 0 Å². The first-order valence-corrected chi connectivity index (χ1v) is 8.85. The lowest BCUT2D eigenvalue weighted by Gasteiger charge is -2.31. The van der Waals surface area contributed by atoms with Crippen molar-refractivity contribution < 1.29 is 19.4 Å². The van der Waals surface area contributed by atoms with Crippen LogP contribution in [0.1, 0.15) is 44.7 Å². The van der Waals surface area contributed by atoms with Gasteiger partial charge in [-0.2, -0.15) is 0 Å². The molecule has 2 fully saturated rings. The van der Waals surface area contributed by atoms with Crippen molar-refractivity contribution >= 4 is 17.6 Å². The Balaban J connectivity index is 1.71. The minimum atomic E-state index is -0.489. The number of hydrogen-bond acceptors (Lipinski definition) is 4. The number of Topliss-reactive ketones (excluding diaryl/α,β-unsaturated/α-hetero) is 2. The minimum absolute atomic E-state index is 0.0307. The van der Waals surface area contributed by atoms with Gasteiger partial charge in [-0.3, -0.25) is 9.59 Å². The van der Waals surface area contributed by atoms with E-state index >= 15 is 0 Å². The van der Waals surface area contributed by atoms with Crippen LogP contribution >= 0.6 is 0 Å². The van der Waals surface area contributed by atoms with E-state index in [-0.39, 0.29) is 23.2 Å². The van der Waals surface area contributed by atoms with Gasteiger partial charge in [-0.1, -0.05) is 45.0 Å². The van der Waals surface area contributed by atoms with E-state index < -0.39 is 6.61 Å². The first kappa shape index (κ1) is 18.0. The Bertz CT molecular complexity index is 714. The third kappa shape index (κ3) is 2.98. The number of carbonyl (C=O) groups excluding carboxylic acids is 2. The number of ether oxygens (including phenoxy) is 1. The van der Waals surface area contributed by atoms with Crippen LogP contribution in [-0.2, 0) is 20.9 Å². The van der Waals surface area contributed by atoms with E-state index in [9.17, 15) is 9.59 Å². The largest absolute Gasteiger partial charge is 0.388 e. The molecule has 2 unspecified atom stereocenters. The van der Waals surface area contributed by atoms with Crippen molar-refractivity contribution in [2.75, 3.05) is 13.2 Å². The van der Waals surface area contributed by atoms with E-state index in [1.165, 1.54) is 0 Å². The summed E-state index contributed by atoms with van der Waals surface area (Å²) in [5.41, 5.74) is 2.75. The van der Waals surface area contributed by atoms with E-state index in [2.05, 4.69) is 20.8 Å². The first-order valence-electron chi connectivity index (χ1n) is 8.85. The topological polar surface area (TPSA) is 63.6 Å². The molecule has 1 aromatic rings. The van der Waals surface area contributed by atoms with Gasteiger partial charge in [0.2, 0.25) is 0 Å². The van der Waals surface area contributed by atoms with Crippen LogP contribution in [0.3, 0.4) is 0 Å². The summed E-state index contributed by atoms with van der Waals surface area (Å²) in [5, 5.41) is 8.66. The summed E-state index contributed by atoms with van der Waals surface area (Å²) >= 11 is 0. The third-order valence-electron chi connectivity index (χ3n) is 6.38. The van der Waals surface area contributed by atoms with Crippen LogP contribution < -0.4 is 0 Å². The molecule has 3 rings (SSSR count). The maximum absolute atomic E-state index is 12.9. The molecule has 25 heavy (non-hydrogen) atoms. The van der Waals surface area contributed by atoms with E-state index in [1.54, 1.807) is 0 Å². The molecule has 0 aromatic heterocycles. The van der Waals surface area contributed by atoms with E-state index in [0.29, 0.717) is 18.3 Å². The first-order chi connectivity index (χ1) is 11.8. The Morgan fingerprint density at radius 2 is 1.96 bits per heavy atom. The van der Waals surface area contributed by atoms with Crippen LogP contribution in [0.15, 0.2) is 29.8 Å². The summed E-state index contributed by atoms with van der Waals surface area (Å²) in [7, 11) is 0. The van der Waals surface area contributed by atoms with Crippen molar-refractivity contribution in [1.82, 2.24) is 0 Å². The highest BCUT2D eigenvalue weighted by Gasteiger charge is 2.63. The molecule has 134 valence electrons. The molecule has 1 aromatic carbocycles. The van der Waals surface area contributed by atoms with Gasteiger partial charge >= 0.3 is 0 Å². The maximum atomic E-state index is 12.9. The minimum Gasteiger partial charge on any atom is -0.388 e. The molecule has 4 heteroatoms. The lowest BCUT2D eigenvalue weighted by Crippen LogP contribution is -2.32. The molecular weight excluding hydrogens is 316 g/mol. The molecule has 4 nitrogen and oxygen atoms in total. The van der Waals surface area contributed by atoms with Gasteiger partial charge < -0.3 is 9.84 Å².